The molecule has 0 saturated heterocycles. The lowest BCUT2D eigenvalue weighted by Crippen LogP contribution is -2.57. The quantitative estimate of drug-likeness (QED) is 0.595. The molecule has 11 heteroatoms. The van der Waals surface area contributed by atoms with E-state index in [4.69, 9.17) is 28.3 Å². The molecule has 29 heavy (non-hydrogen) atoms. The third-order valence-electron chi connectivity index (χ3n) is 4.41. The number of rotatable bonds is 3. The van der Waals surface area contributed by atoms with Gasteiger partial charge in [-0.1, -0.05) is 34.4 Å². The summed E-state index contributed by atoms with van der Waals surface area (Å²) >= 11 is 11.4. The average molecular weight is 454 g/mol. The Balaban J connectivity index is 2.19. The number of carboxylic acid groups (broad SMARTS) is 1. The Morgan fingerprint density at radius 1 is 1.10 bits per heavy atom. The Morgan fingerprint density at radius 2 is 1.69 bits per heavy atom. The van der Waals surface area contributed by atoms with Crippen LogP contribution in [-0.4, -0.2) is 28.9 Å². The predicted molar refractivity (Wildman–Crippen MR) is 94.9 cm³/mol. The van der Waals surface area contributed by atoms with E-state index in [1.165, 1.54) is 6.92 Å². The first-order valence-corrected chi connectivity index (χ1v) is 8.59. The topological polar surface area (TPSA) is 58.9 Å². The molecule has 0 radical (unpaired) electrons. The number of alkyl halides is 5. The second-order valence-electron chi connectivity index (χ2n) is 6.28. The number of carbonyl (C=O) groups is 1. The molecule has 2 aromatic carbocycles. The van der Waals surface area contributed by atoms with Crippen LogP contribution >= 0.6 is 23.2 Å². The number of hydrogen-bond acceptors (Lipinski definition) is 3. The van der Waals surface area contributed by atoms with Gasteiger partial charge in [-0.2, -0.15) is 22.0 Å². The molecule has 1 unspecified atom stereocenters. The summed E-state index contributed by atoms with van der Waals surface area (Å²) in [4.78, 5) is 15.5. The number of oxime groups is 1. The summed E-state index contributed by atoms with van der Waals surface area (Å²) in [7, 11) is 0. The van der Waals surface area contributed by atoms with E-state index in [2.05, 4.69) is 9.99 Å². The first-order valence-electron chi connectivity index (χ1n) is 7.83. The molecule has 0 fully saturated rings. The molecule has 1 atom stereocenters. The summed E-state index contributed by atoms with van der Waals surface area (Å²) in [6, 6.07) is 5.36. The van der Waals surface area contributed by atoms with E-state index in [0.29, 0.717) is 12.1 Å². The number of carboxylic acids is 1. The Hall–Kier alpha value is -2.39. The monoisotopic (exact) mass is 453 g/mol. The molecule has 2 aromatic rings. The van der Waals surface area contributed by atoms with Gasteiger partial charge in [-0.05, 0) is 42.8 Å². The number of halogens is 7. The molecule has 0 saturated carbocycles. The second-order valence-corrected chi connectivity index (χ2v) is 7.15. The Labute approximate surface area is 170 Å². The SMILES string of the molecule is Cc1cc(C2=NOC(c3cc(Cl)cc(Cl)c3)(C(F)(F)F)C2(F)F)ccc1C(=O)O. The Bertz CT molecular complexity index is 1020. The smallest absolute Gasteiger partial charge is 0.442 e. The van der Waals surface area contributed by atoms with Gasteiger partial charge in [-0.3, -0.25) is 0 Å². The Morgan fingerprint density at radius 3 is 2.17 bits per heavy atom. The van der Waals surface area contributed by atoms with Gasteiger partial charge in [-0.25, -0.2) is 4.79 Å². The van der Waals surface area contributed by atoms with Gasteiger partial charge in [0, 0.05) is 21.2 Å². The fourth-order valence-corrected chi connectivity index (χ4v) is 3.59. The van der Waals surface area contributed by atoms with E-state index < -0.39 is 40.5 Å². The molecule has 0 amide bonds. The molecule has 0 bridgehead atoms. The summed E-state index contributed by atoms with van der Waals surface area (Å²) in [5.74, 6) is -6.00. The highest BCUT2D eigenvalue weighted by molar-refractivity contribution is 6.34. The highest BCUT2D eigenvalue weighted by Gasteiger charge is 2.78. The van der Waals surface area contributed by atoms with Crippen molar-refractivity contribution < 1.29 is 36.7 Å². The van der Waals surface area contributed by atoms with Gasteiger partial charge in [-0.15, -0.1) is 0 Å². The van der Waals surface area contributed by atoms with Crippen LogP contribution in [0.5, 0.6) is 0 Å². The molecular weight excluding hydrogens is 444 g/mol. The van der Waals surface area contributed by atoms with Gasteiger partial charge >= 0.3 is 23.7 Å². The molecule has 1 heterocycles. The first kappa shape index (κ1) is 21.3. The van der Waals surface area contributed by atoms with Crippen molar-refractivity contribution in [1.29, 1.82) is 0 Å². The molecule has 1 aliphatic heterocycles. The van der Waals surface area contributed by atoms with Crippen molar-refractivity contribution in [2.45, 2.75) is 24.6 Å². The minimum Gasteiger partial charge on any atom is -0.478 e. The molecule has 1 N–H and O–H groups in total. The fourth-order valence-electron chi connectivity index (χ4n) is 3.06. The van der Waals surface area contributed by atoms with Gasteiger partial charge in [0.05, 0.1) is 5.56 Å². The Kier molecular flexibility index (Phi) is 5.03. The zero-order valence-electron chi connectivity index (χ0n) is 14.3. The molecule has 1 aliphatic rings. The lowest BCUT2D eigenvalue weighted by Gasteiger charge is -2.34. The van der Waals surface area contributed by atoms with Crippen molar-refractivity contribution in [3.8, 4) is 0 Å². The van der Waals surface area contributed by atoms with E-state index in [1.807, 2.05) is 0 Å². The lowest BCUT2D eigenvalue weighted by atomic mass is 9.82. The highest BCUT2D eigenvalue weighted by atomic mass is 35.5. The van der Waals surface area contributed by atoms with Crippen LogP contribution in [0.2, 0.25) is 10.0 Å². The van der Waals surface area contributed by atoms with Gasteiger partial charge in [0.2, 0.25) is 0 Å². The van der Waals surface area contributed by atoms with Crippen LogP contribution in [-0.2, 0) is 10.4 Å². The molecule has 3 rings (SSSR count). The van der Waals surface area contributed by atoms with Crippen LogP contribution in [0, 0.1) is 6.92 Å². The summed E-state index contributed by atoms with van der Waals surface area (Å²) in [6.45, 7) is 1.31. The average Bonchev–Trinajstić information content (AvgIpc) is 2.85. The largest absolute Gasteiger partial charge is 0.478 e. The molecule has 0 aromatic heterocycles. The van der Waals surface area contributed by atoms with Crippen molar-refractivity contribution in [1.82, 2.24) is 0 Å². The maximum atomic E-state index is 15.3. The lowest BCUT2D eigenvalue weighted by molar-refractivity contribution is -0.326. The van der Waals surface area contributed by atoms with E-state index >= 15 is 8.78 Å². The van der Waals surface area contributed by atoms with Crippen LogP contribution in [0.15, 0.2) is 41.6 Å². The van der Waals surface area contributed by atoms with E-state index in [-0.39, 0.29) is 21.2 Å². The van der Waals surface area contributed by atoms with Crippen molar-refractivity contribution >= 4 is 34.9 Å². The van der Waals surface area contributed by atoms with Crippen LogP contribution in [0.3, 0.4) is 0 Å². The predicted octanol–water partition coefficient (Wildman–Crippen LogP) is 5.83. The molecule has 0 aliphatic carbocycles. The van der Waals surface area contributed by atoms with Crippen LogP contribution in [0.1, 0.15) is 27.0 Å². The zero-order chi connectivity index (χ0) is 21.8. The van der Waals surface area contributed by atoms with Gasteiger partial charge in [0.15, 0.2) is 5.71 Å². The molecule has 0 spiro atoms. The first-order chi connectivity index (χ1) is 13.3. The number of benzene rings is 2. The number of aryl methyl sites for hydroxylation is 1. The third-order valence-corrected chi connectivity index (χ3v) is 4.85. The number of aromatic carboxylic acids is 1. The number of hydrogen-bond donors (Lipinski definition) is 1. The fraction of sp³-hybridized carbons (Fsp3) is 0.222. The van der Waals surface area contributed by atoms with Crippen molar-refractivity contribution in [3.05, 3.63) is 68.7 Å². The minimum absolute atomic E-state index is 0.0591. The normalized spacial score (nSPS) is 20.9. The summed E-state index contributed by atoms with van der Waals surface area (Å²) in [5, 5.41) is 11.5. The maximum Gasteiger partial charge on any atom is 0.442 e. The summed E-state index contributed by atoms with van der Waals surface area (Å²) in [5.41, 5.74) is -7.04. The van der Waals surface area contributed by atoms with E-state index in [1.54, 1.807) is 0 Å². The van der Waals surface area contributed by atoms with E-state index in [0.717, 1.165) is 24.3 Å². The highest BCUT2D eigenvalue weighted by Crippen LogP contribution is 2.57. The molecule has 154 valence electrons. The van der Waals surface area contributed by atoms with Gasteiger partial charge < -0.3 is 9.94 Å². The molecular formula is C18H10Cl2F5NO3. The van der Waals surface area contributed by atoms with Crippen molar-refractivity contribution in [2.24, 2.45) is 5.16 Å². The molecule has 4 nitrogen and oxygen atoms in total. The summed E-state index contributed by atoms with van der Waals surface area (Å²) in [6.07, 6.45) is -5.61. The number of nitrogens with zero attached hydrogens (tertiary/aromatic N) is 1. The zero-order valence-corrected chi connectivity index (χ0v) is 15.8. The van der Waals surface area contributed by atoms with Gasteiger partial charge in [0.25, 0.3) is 0 Å². The summed E-state index contributed by atoms with van der Waals surface area (Å²) < 4.78 is 72.4. The third kappa shape index (κ3) is 3.22. The van der Waals surface area contributed by atoms with Gasteiger partial charge in [0.1, 0.15) is 0 Å². The van der Waals surface area contributed by atoms with Crippen LogP contribution < -0.4 is 0 Å². The minimum atomic E-state index is -5.61. The van der Waals surface area contributed by atoms with Crippen molar-refractivity contribution in [3.63, 3.8) is 0 Å². The van der Waals surface area contributed by atoms with Crippen molar-refractivity contribution in [2.75, 3.05) is 0 Å². The maximum absolute atomic E-state index is 15.3. The second kappa shape index (κ2) is 6.84. The van der Waals surface area contributed by atoms with E-state index in [9.17, 15) is 18.0 Å². The standard InChI is InChI=1S/C18H10Cl2F5NO3/c1-8-4-9(2-3-13(8)15(27)28)14-17(21,22)16(29-26-14,18(23,24)25)10-5-11(19)7-12(20)6-10/h2-7H,1H3,(H,27,28). The van der Waals surface area contributed by atoms with Crippen LogP contribution in [0.25, 0.3) is 0 Å². The van der Waals surface area contributed by atoms with Crippen LogP contribution in [0.4, 0.5) is 22.0 Å².